The predicted molar refractivity (Wildman–Crippen MR) is 70.9 cm³/mol. The quantitative estimate of drug-likeness (QED) is 0.940. The Kier molecular flexibility index (Phi) is 3.36. The van der Waals surface area contributed by atoms with Crippen LogP contribution in [0.1, 0.15) is 5.69 Å². The summed E-state index contributed by atoms with van der Waals surface area (Å²) in [5.41, 5.74) is -0.944. The monoisotopic (exact) mass is 295 g/mol. The molecule has 0 unspecified atom stereocenters. The summed E-state index contributed by atoms with van der Waals surface area (Å²) < 4.78 is 37.7. The van der Waals surface area contributed by atoms with Crippen molar-refractivity contribution in [2.75, 3.05) is 23.3 Å². The first-order chi connectivity index (χ1) is 10.0. The number of pyridine rings is 1. The van der Waals surface area contributed by atoms with E-state index in [1.807, 2.05) is 23.1 Å². The molecule has 3 rings (SSSR count). The van der Waals surface area contributed by atoms with Gasteiger partial charge in [0.25, 0.3) is 0 Å². The summed E-state index contributed by atoms with van der Waals surface area (Å²) in [5.74, 6) is 1.04. The minimum atomic E-state index is -4.46. The van der Waals surface area contributed by atoms with Gasteiger partial charge in [-0.3, -0.25) is 0 Å². The third-order valence-corrected chi connectivity index (χ3v) is 3.16. The Bertz CT molecular complexity index is 611. The second-order valence-electron chi connectivity index (χ2n) is 4.72. The Morgan fingerprint density at radius 1 is 1.14 bits per heavy atom. The lowest BCUT2D eigenvalue weighted by atomic mass is 10.1. The molecular weight excluding hydrogens is 283 g/mol. The molecule has 0 bridgehead atoms. The third kappa shape index (κ3) is 3.04. The van der Waals surface area contributed by atoms with E-state index in [0.717, 1.165) is 18.2 Å². The van der Waals surface area contributed by atoms with Crippen LogP contribution in [0, 0.1) is 0 Å². The van der Waals surface area contributed by atoms with Crippen LogP contribution < -0.4 is 10.2 Å². The average molecular weight is 295 g/mol. The highest BCUT2D eigenvalue weighted by Gasteiger charge is 2.33. The summed E-state index contributed by atoms with van der Waals surface area (Å²) in [6.07, 6.45) is -1.84. The Balaban J connectivity index is 1.60. The molecule has 0 spiro atoms. The maximum absolute atomic E-state index is 12.6. The van der Waals surface area contributed by atoms with E-state index in [9.17, 15) is 13.2 Å². The van der Waals surface area contributed by atoms with Gasteiger partial charge in [0.1, 0.15) is 23.7 Å². The summed E-state index contributed by atoms with van der Waals surface area (Å²) in [6.45, 7) is 1.34. The molecule has 1 aliphatic rings. The molecular formula is C13H12F3N5. The fourth-order valence-electron chi connectivity index (χ4n) is 2.10. The van der Waals surface area contributed by atoms with Crippen LogP contribution in [0.5, 0.6) is 0 Å². The van der Waals surface area contributed by atoms with Gasteiger partial charge in [-0.05, 0) is 12.1 Å². The van der Waals surface area contributed by atoms with Crippen LogP contribution >= 0.6 is 0 Å². The van der Waals surface area contributed by atoms with Crippen LogP contribution in [-0.4, -0.2) is 34.1 Å². The molecule has 2 aromatic rings. The van der Waals surface area contributed by atoms with Crippen molar-refractivity contribution < 1.29 is 13.2 Å². The summed E-state index contributed by atoms with van der Waals surface area (Å²) in [6, 6.07) is 6.58. The molecule has 0 atom stereocenters. The van der Waals surface area contributed by atoms with E-state index in [0.29, 0.717) is 13.1 Å². The molecule has 0 radical (unpaired) electrons. The Hall–Kier alpha value is -2.38. The molecule has 0 aliphatic carbocycles. The van der Waals surface area contributed by atoms with E-state index in [4.69, 9.17) is 0 Å². The molecule has 0 aromatic carbocycles. The fraction of sp³-hybridized carbons (Fsp3) is 0.308. The summed E-state index contributed by atoms with van der Waals surface area (Å²) >= 11 is 0. The number of aromatic nitrogens is 3. The summed E-state index contributed by atoms with van der Waals surface area (Å²) in [7, 11) is 0. The summed E-state index contributed by atoms with van der Waals surface area (Å²) in [5, 5.41) is 2.97. The van der Waals surface area contributed by atoms with Crippen molar-refractivity contribution in [3.05, 3.63) is 42.5 Å². The van der Waals surface area contributed by atoms with Crippen molar-refractivity contribution in [3.8, 4) is 0 Å². The van der Waals surface area contributed by atoms with Gasteiger partial charge < -0.3 is 10.2 Å². The zero-order valence-electron chi connectivity index (χ0n) is 10.9. The number of anilines is 2. The second-order valence-corrected chi connectivity index (χ2v) is 4.72. The highest BCUT2D eigenvalue weighted by Crippen LogP contribution is 2.28. The molecule has 21 heavy (non-hydrogen) atoms. The van der Waals surface area contributed by atoms with E-state index in [-0.39, 0.29) is 11.9 Å². The van der Waals surface area contributed by atoms with E-state index in [1.165, 1.54) is 0 Å². The van der Waals surface area contributed by atoms with Crippen LogP contribution in [0.25, 0.3) is 0 Å². The van der Waals surface area contributed by atoms with Gasteiger partial charge in [-0.2, -0.15) is 13.2 Å². The number of hydrogen-bond donors (Lipinski definition) is 1. The zero-order chi connectivity index (χ0) is 14.9. The van der Waals surface area contributed by atoms with Gasteiger partial charge in [-0.15, -0.1) is 0 Å². The van der Waals surface area contributed by atoms with Gasteiger partial charge in [-0.25, -0.2) is 15.0 Å². The molecule has 3 heterocycles. The van der Waals surface area contributed by atoms with Gasteiger partial charge in [-0.1, -0.05) is 6.07 Å². The third-order valence-electron chi connectivity index (χ3n) is 3.16. The maximum Gasteiger partial charge on any atom is 0.433 e. The number of halogens is 3. The number of alkyl halides is 3. The smallest absolute Gasteiger partial charge is 0.364 e. The van der Waals surface area contributed by atoms with Crippen LogP contribution in [0.4, 0.5) is 24.8 Å². The highest BCUT2D eigenvalue weighted by atomic mass is 19.4. The average Bonchev–Trinajstić information content (AvgIpc) is 2.43. The Morgan fingerprint density at radius 2 is 1.95 bits per heavy atom. The van der Waals surface area contributed by atoms with E-state index in [1.54, 1.807) is 6.20 Å². The first-order valence-corrected chi connectivity index (χ1v) is 6.34. The molecule has 0 saturated carbocycles. The van der Waals surface area contributed by atoms with Gasteiger partial charge in [0.2, 0.25) is 0 Å². The van der Waals surface area contributed by atoms with Crippen molar-refractivity contribution in [3.63, 3.8) is 0 Å². The van der Waals surface area contributed by atoms with Crippen molar-refractivity contribution in [2.45, 2.75) is 12.2 Å². The minimum absolute atomic E-state index is 0.0444. The SMILES string of the molecule is FC(F)(F)c1cc(NC2CN(c3ccccn3)C2)ncn1. The molecule has 1 fully saturated rings. The van der Waals surface area contributed by atoms with Crippen LogP contribution in [0.15, 0.2) is 36.8 Å². The second kappa shape index (κ2) is 5.19. The number of hydrogen-bond acceptors (Lipinski definition) is 5. The molecule has 2 aromatic heterocycles. The molecule has 110 valence electrons. The normalized spacial score (nSPS) is 15.7. The highest BCUT2D eigenvalue weighted by molar-refractivity contribution is 5.46. The lowest BCUT2D eigenvalue weighted by Crippen LogP contribution is -2.55. The Morgan fingerprint density at radius 3 is 2.62 bits per heavy atom. The van der Waals surface area contributed by atoms with Crippen molar-refractivity contribution in [1.29, 1.82) is 0 Å². The molecule has 8 heteroatoms. The topological polar surface area (TPSA) is 53.9 Å². The predicted octanol–water partition coefficient (Wildman–Crippen LogP) is 2.19. The standard InChI is InChI=1S/C13H12F3N5/c14-13(15,16)10-5-11(19-8-18-10)20-9-6-21(7-9)12-3-1-2-4-17-12/h1-5,8-9H,6-7H2,(H,18,19,20). The summed E-state index contributed by atoms with van der Waals surface area (Å²) in [4.78, 5) is 13.3. The van der Waals surface area contributed by atoms with Crippen LogP contribution in [0.3, 0.4) is 0 Å². The number of nitrogens with zero attached hydrogens (tertiary/aromatic N) is 4. The van der Waals surface area contributed by atoms with Gasteiger partial charge >= 0.3 is 6.18 Å². The lowest BCUT2D eigenvalue weighted by Gasteiger charge is -2.40. The fourth-order valence-corrected chi connectivity index (χ4v) is 2.10. The van der Waals surface area contributed by atoms with Gasteiger partial charge in [0.05, 0.1) is 6.04 Å². The Labute approximate surface area is 118 Å². The largest absolute Gasteiger partial charge is 0.433 e. The molecule has 0 amide bonds. The molecule has 5 nitrogen and oxygen atoms in total. The molecule has 1 N–H and O–H groups in total. The van der Waals surface area contributed by atoms with Gasteiger partial charge in [0, 0.05) is 25.4 Å². The van der Waals surface area contributed by atoms with Crippen molar-refractivity contribution in [1.82, 2.24) is 15.0 Å². The molecule has 1 saturated heterocycles. The first kappa shape index (κ1) is 13.6. The number of rotatable bonds is 3. The minimum Gasteiger partial charge on any atom is -0.364 e. The first-order valence-electron chi connectivity index (χ1n) is 6.34. The van der Waals surface area contributed by atoms with Crippen LogP contribution in [-0.2, 0) is 6.18 Å². The van der Waals surface area contributed by atoms with Crippen LogP contribution in [0.2, 0.25) is 0 Å². The van der Waals surface area contributed by atoms with Gasteiger partial charge in [0.15, 0.2) is 0 Å². The van der Waals surface area contributed by atoms with E-state index < -0.39 is 11.9 Å². The van der Waals surface area contributed by atoms with Crippen molar-refractivity contribution >= 4 is 11.6 Å². The maximum atomic E-state index is 12.6. The van der Waals surface area contributed by atoms with E-state index >= 15 is 0 Å². The molecule has 1 aliphatic heterocycles. The van der Waals surface area contributed by atoms with E-state index in [2.05, 4.69) is 20.3 Å². The number of nitrogens with one attached hydrogen (secondary N) is 1. The van der Waals surface area contributed by atoms with Crippen molar-refractivity contribution in [2.24, 2.45) is 0 Å². The zero-order valence-corrected chi connectivity index (χ0v) is 10.9. The lowest BCUT2D eigenvalue weighted by molar-refractivity contribution is -0.141.